The molecule has 112 valence electrons. The Morgan fingerprint density at radius 3 is 2.57 bits per heavy atom. The number of fused-ring (bicyclic) bond motifs is 1. The van der Waals surface area contributed by atoms with E-state index in [9.17, 15) is 13.3 Å². The largest absolute Gasteiger partial charge is 0.411 e. The summed E-state index contributed by atoms with van der Waals surface area (Å²) in [5.41, 5.74) is -4.92. The van der Waals surface area contributed by atoms with Crippen molar-refractivity contribution >= 4 is 40.6 Å². The lowest BCUT2D eigenvalue weighted by molar-refractivity contribution is 0.0558. The van der Waals surface area contributed by atoms with Gasteiger partial charge in [0.05, 0.1) is 17.4 Å². The van der Waals surface area contributed by atoms with Gasteiger partial charge in [0.1, 0.15) is 0 Å². The number of hydrogen-bond donors (Lipinski definition) is 3. The first-order chi connectivity index (χ1) is 9.66. The third-order valence-electron chi connectivity index (χ3n) is 2.68. The number of aromatic nitrogens is 1. The Kier molecular flexibility index (Phi) is 4.12. The number of hydrogen-bond acceptors (Lipinski definition) is 4. The summed E-state index contributed by atoms with van der Waals surface area (Å²) in [7, 11) is -5.68. The number of rotatable bonds is 3. The molecule has 2 rings (SSSR count). The van der Waals surface area contributed by atoms with E-state index in [1.54, 1.807) is 6.07 Å². The number of nitrogens with zero attached hydrogens (tertiary/aromatic N) is 2. The first-order valence-corrected chi connectivity index (χ1v) is 7.79. The van der Waals surface area contributed by atoms with Crippen molar-refractivity contribution in [2.75, 3.05) is 0 Å². The van der Waals surface area contributed by atoms with E-state index >= 15 is 0 Å². The van der Waals surface area contributed by atoms with Gasteiger partial charge < -0.3 is 15.0 Å². The van der Waals surface area contributed by atoms with Gasteiger partial charge in [0, 0.05) is 15.4 Å². The van der Waals surface area contributed by atoms with Crippen LogP contribution < -0.4 is 0 Å². The van der Waals surface area contributed by atoms with Crippen LogP contribution in [0.25, 0.3) is 10.9 Å². The molecule has 0 fully saturated rings. The van der Waals surface area contributed by atoms with Crippen molar-refractivity contribution in [2.24, 2.45) is 5.16 Å². The highest BCUT2D eigenvalue weighted by Crippen LogP contribution is 2.60. The topological polar surface area (TPSA) is 103 Å². The Morgan fingerprint density at radius 1 is 1.33 bits per heavy atom. The van der Waals surface area contributed by atoms with E-state index < -0.39 is 18.8 Å². The van der Waals surface area contributed by atoms with Crippen LogP contribution in [0, 0.1) is 0 Å². The van der Waals surface area contributed by atoms with Gasteiger partial charge in [0.2, 0.25) is 0 Å². The fourth-order valence-corrected chi connectivity index (χ4v) is 2.94. The smallest absolute Gasteiger partial charge is 0.399 e. The molecule has 0 radical (unpaired) electrons. The van der Waals surface area contributed by atoms with Gasteiger partial charge >= 0.3 is 13.3 Å². The first-order valence-electron chi connectivity index (χ1n) is 5.38. The molecule has 6 nitrogen and oxygen atoms in total. The van der Waals surface area contributed by atoms with Crippen molar-refractivity contribution in [3.8, 4) is 0 Å². The van der Waals surface area contributed by atoms with E-state index in [-0.39, 0.29) is 15.7 Å². The lowest BCUT2D eigenvalue weighted by atomic mass is 10.1. The van der Waals surface area contributed by atoms with Gasteiger partial charge in [0.15, 0.2) is 0 Å². The third kappa shape index (κ3) is 2.96. The van der Waals surface area contributed by atoms with E-state index in [2.05, 4.69) is 26.1 Å². The quantitative estimate of drug-likeness (QED) is 0.328. The summed E-state index contributed by atoms with van der Waals surface area (Å²) in [6, 6.07) is 5.20. The van der Waals surface area contributed by atoms with E-state index in [0.717, 1.165) is 12.3 Å². The molecule has 0 atom stereocenters. The molecule has 10 heteroatoms. The van der Waals surface area contributed by atoms with Crippen molar-refractivity contribution in [1.82, 2.24) is 4.98 Å². The molecule has 2 aromatic rings. The maximum absolute atomic E-state index is 13.8. The maximum Gasteiger partial charge on any atom is 0.399 e. The van der Waals surface area contributed by atoms with Crippen molar-refractivity contribution < 1.29 is 28.3 Å². The lowest BCUT2D eigenvalue weighted by Gasteiger charge is -2.19. The van der Waals surface area contributed by atoms with Gasteiger partial charge in [-0.3, -0.25) is 4.57 Å². The molecular formula is C11H8BrF2N2O4P. The minimum Gasteiger partial charge on any atom is -0.411 e. The average Bonchev–Trinajstić information content (AvgIpc) is 2.37. The predicted octanol–water partition coefficient (Wildman–Crippen LogP) is 3.03. The van der Waals surface area contributed by atoms with Gasteiger partial charge in [0.25, 0.3) is 0 Å². The number of pyridine rings is 1. The SMILES string of the molecule is O=P(O)(O)C(F)(F)c1cc2nc(/C=N/O)ccc2cc1Br. The molecule has 0 bridgehead atoms. The van der Waals surface area contributed by atoms with Crippen LogP contribution in [0.3, 0.4) is 0 Å². The van der Waals surface area contributed by atoms with Crippen LogP contribution in [-0.4, -0.2) is 26.2 Å². The van der Waals surface area contributed by atoms with Crippen LogP contribution in [0.5, 0.6) is 0 Å². The van der Waals surface area contributed by atoms with Gasteiger partial charge in [-0.05, 0) is 18.2 Å². The van der Waals surface area contributed by atoms with Crippen LogP contribution in [0.1, 0.15) is 11.3 Å². The van der Waals surface area contributed by atoms with Crippen LogP contribution in [0.2, 0.25) is 0 Å². The van der Waals surface area contributed by atoms with Gasteiger partial charge in [-0.1, -0.05) is 27.2 Å². The molecule has 1 heterocycles. The van der Waals surface area contributed by atoms with E-state index in [0.29, 0.717) is 5.39 Å². The standard InChI is InChI=1S/C11H8BrF2N2O4P/c12-9-3-6-1-2-7(5-15-17)16-10(6)4-8(9)11(13,14)21(18,19)20/h1-5,17H,(H2,18,19,20)/b15-5+. The minimum atomic E-state index is -5.68. The molecule has 0 spiro atoms. The Balaban J connectivity index is 2.71. The molecule has 0 amide bonds. The first kappa shape index (κ1) is 16.0. The van der Waals surface area contributed by atoms with Crippen LogP contribution >= 0.6 is 23.5 Å². The summed E-state index contributed by atoms with van der Waals surface area (Å²) in [5.74, 6) is 0. The van der Waals surface area contributed by atoms with Crippen molar-refractivity contribution in [3.05, 3.63) is 40.0 Å². The molecular weight excluding hydrogens is 373 g/mol. The van der Waals surface area contributed by atoms with Crippen LogP contribution in [0.15, 0.2) is 33.9 Å². The normalized spacial score (nSPS) is 13.2. The minimum absolute atomic E-state index is 0.0822. The average molecular weight is 381 g/mol. The summed E-state index contributed by atoms with van der Waals surface area (Å²) < 4.78 is 38.4. The molecule has 1 aromatic heterocycles. The fraction of sp³-hybridized carbons (Fsp3) is 0.0909. The highest BCUT2D eigenvalue weighted by molar-refractivity contribution is 9.10. The Morgan fingerprint density at radius 2 is 2.00 bits per heavy atom. The molecule has 0 saturated heterocycles. The second kappa shape index (κ2) is 5.42. The summed E-state index contributed by atoms with van der Waals surface area (Å²) in [6.07, 6.45) is 1.00. The van der Waals surface area contributed by atoms with E-state index in [4.69, 9.17) is 15.0 Å². The zero-order chi connectivity index (χ0) is 15.8. The maximum atomic E-state index is 13.8. The van der Waals surface area contributed by atoms with E-state index in [1.165, 1.54) is 12.1 Å². The van der Waals surface area contributed by atoms with Crippen LogP contribution in [0.4, 0.5) is 8.78 Å². The van der Waals surface area contributed by atoms with Gasteiger partial charge in [-0.25, -0.2) is 4.98 Å². The van der Waals surface area contributed by atoms with Crippen molar-refractivity contribution in [2.45, 2.75) is 5.66 Å². The predicted molar refractivity (Wildman–Crippen MR) is 74.8 cm³/mol. The van der Waals surface area contributed by atoms with Gasteiger partial charge in [-0.2, -0.15) is 8.78 Å². The number of halogens is 3. The number of benzene rings is 1. The molecule has 1 aromatic carbocycles. The Labute approximate surface area is 125 Å². The molecule has 3 N–H and O–H groups in total. The summed E-state index contributed by atoms with van der Waals surface area (Å²) in [4.78, 5) is 21.5. The highest BCUT2D eigenvalue weighted by atomic mass is 79.9. The van der Waals surface area contributed by atoms with Gasteiger partial charge in [-0.15, -0.1) is 0 Å². The highest BCUT2D eigenvalue weighted by Gasteiger charge is 2.51. The molecule has 0 aliphatic rings. The van der Waals surface area contributed by atoms with E-state index in [1.807, 2.05) is 0 Å². The molecule has 0 unspecified atom stereocenters. The monoisotopic (exact) mass is 380 g/mol. The van der Waals surface area contributed by atoms with Crippen LogP contribution in [-0.2, 0) is 10.2 Å². The molecule has 0 saturated carbocycles. The Bertz CT molecular complexity index is 778. The Hall–Kier alpha value is -1.41. The fourth-order valence-electron chi connectivity index (χ4n) is 1.68. The zero-order valence-electron chi connectivity index (χ0n) is 10.1. The summed E-state index contributed by atoms with van der Waals surface area (Å²) >= 11 is 2.88. The second-order valence-corrected chi connectivity index (χ2v) is 6.59. The molecule has 0 aliphatic heterocycles. The lowest BCUT2D eigenvalue weighted by Crippen LogP contribution is -2.14. The van der Waals surface area contributed by atoms with Crippen molar-refractivity contribution in [3.63, 3.8) is 0 Å². The van der Waals surface area contributed by atoms with Crippen molar-refractivity contribution in [1.29, 1.82) is 0 Å². The third-order valence-corrected chi connectivity index (χ3v) is 4.31. The second-order valence-electron chi connectivity index (χ2n) is 4.09. The number of oxime groups is 1. The molecule has 21 heavy (non-hydrogen) atoms. The summed E-state index contributed by atoms with van der Waals surface area (Å²) in [5, 5.41) is 11.7. The number of alkyl halides is 2. The molecule has 0 aliphatic carbocycles. The summed E-state index contributed by atoms with van der Waals surface area (Å²) in [6.45, 7) is 0. The zero-order valence-corrected chi connectivity index (χ0v) is 12.6.